The van der Waals surface area contributed by atoms with Gasteiger partial charge in [0.05, 0.1) is 0 Å². The Hall–Kier alpha value is -2.91. The summed E-state index contributed by atoms with van der Waals surface area (Å²) < 4.78 is 5.97. The molecule has 3 nitrogen and oxygen atoms in total. The molecule has 0 aliphatic rings. The predicted octanol–water partition coefficient (Wildman–Crippen LogP) is 4.18. The number of hydrogen-bond acceptors (Lipinski definition) is 2. The maximum Gasteiger partial charge on any atom is 0.253 e. The molecule has 0 radical (unpaired) electrons. The normalized spacial score (nSPS) is 10.5. The Kier molecular flexibility index (Phi) is 5.38. The van der Waals surface area contributed by atoms with Gasteiger partial charge in [0.1, 0.15) is 12.8 Å². The summed E-state index contributed by atoms with van der Waals surface area (Å²) in [5.41, 5.74) is 2.73. The average molecular weight is 317 g/mol. The van der Waals surface area contributed by atoms with Gasteiger partial charge in [-0.3, -0.25) is 4.79 Å². The van der Waals surface area contributed by atoms with Crippen LogP contribution in [0.25, 0.3) is 0 Å². The quantitative estimate of drug-likeness (QED) is 0.693. The zero-order chi connectivity index (χ0) is 16.6. The first-order chi connectivity index (χ1) is 11.8. The van der Waals surface area contributed by atoms with E-state index in [1.807, 2.05) is 78.9 Å². The van der Waals surface area contributed by atoms with Gasteiger partial charge in [-0.25, -0.2) is 0 Å². The smallest absolute Gasteiger partial charge is 0.253 e. The molecule has 3 rings (SSSR count). The fourth-order valence-corrected chi connectivity index (χ4v) is 2.52. The molecule has 24 heavy (non-hydrogen) atoms. The molecule has 0 heterocycles. The van der Waals surface area contributed by atoms with Gasteiger partial charge >= 0.3 is 0 Å². The molecule has 1 amide bonds. The van der Waals surface area contributed by atoms with Crippen LogP contribution in [-0.2, 0) is 4.74 Å². The minimum absolute atomic E-state index is 0.141. The second-order valence-corrected chi connectivity index (χ2v) is 5.38. The van der Waals surface area contributed by atoms with E-state index in [0.29, 0.717) is 5.56 Å². The molecule has 0 bridgehead atoms. The van der Waals surface area contributed by atoms with Gasteiger partial charge in [0, 0.05) is 5.56 Å². The lowest BCUT2D eigenvalue weighted by molar-refractivity contribution is 0.0565. The maximum absolute atomic E-state index is 12.1. The molecule has 0 spiro atoms. The monoisotopic (exact) mass is 317 g/mol. The van der Waals surface area contributed by atoms with Gasteiger partial charge in [-0.2, -0.15) is 0 Å². The molecule has 0 aromatic heterocycles. The number of carbonyl (C=O) groups excluding carboxylic acids is 1. The number of rotatable bonds is 6. The molecular weight excluding hydrogens is 298 g/mol. The van der Waals surface area contributed by atoms with Gasteiger partial charge in [-0.05, 0) is 23.3 Å². The second-order valence-electron chi connectivity index (χ2n) is 5.38. The highest BCUT2D eigenvalue weighted by Crippen LogP contribution is 2.25. The van der Waals surface area contributed by atoms with Crippen LogP contribution in [0.15, 0.2) is 91.0 Å². The Bertz CT molecular complexity index is 718. The highest BCUT2D eigenvalue weighted by Gasteiger charge is 2.14. The van der Waals surface area contributed by atoms with Crippen molar-refractivity contribution in [1.82, 2.24) is 5.32 Å². The minimum atomic E-state index is -0.219. The standard InChI is InChI=1S/C21H19NO2/c23-21(19-14-8-3-9-15-19)22-16-24-20(17-10-4-1-5-11-17)18-12-6-2-7-13-18/h1-15,20H,16H2,(H,22,23). The van der Waals surface area contributed by atoms with Gasteiger partial charge in [-0.1, -0.05) is 78.9 Å². The third-order valence-corrected chi connectivity index (χ3v) is 3.72. The number of nitrogens with one attached hydrogen (secondary N) is 1. The van der Waals surface area contributed by atoms with Crippen molar-refractivity contribution in [2.45, 2.75) is 6.10 Å². The zero-order valence-corrected chi connectivity index (χ0v) is 13.3. The van der Waals surface area contributed by atoms with Crippen LogP contribution in [-0.4, -0.2) is 12.6 Å². The second kappa shape index (κ2) is 8.09. The van der Waals surface area contributed by atoms with Crippen molar-refractivity contribution in [2.24, 2.45) is 0 Å². The lowest BCUT2D eigenvalue weighted by Crippen LogP contribution is -2.27. The fraction of sp³-hybridized carbons (Fsp3) is 0.0952. The maximum atomic E-state index is 12.1. The van der Waals surface area contributed by atoms with Crippen LogP contribution in [0.1, 0.15) is 27.6 Å². The number of benzene rings is 3. The zero-order valence-electron chi connectivity index (χ0n) is 13.3. The Morgan fingerprint density at radius 3 is 1.71 bits per heavy atom. The third-order valence-electron chi connectivity index (χ3n) is 3.72. The largest absolute Gasteiger partial charge is 0.349 e. The Morgan fingerprint density at radius 1 is 0.750 bits per heavy atom. The van der Waals surface area contributed by atoms with Crippen LogP contribution in [0.5, 0.6) is 0 Å². The molecule has 0 fully saturated rings. The van der Waals surface area contributed by atoms with Crippen LogP contribution in [0, 0.1) is 0 Å². The van der Waals surface area contributed by atoms with Crippen molar-refractivity contribution < 1.29 is 9.53 Å². The SMILES string of the molecule is O=C(NCOC(c1ccccc1)c1ccccc1)c1ccccc1. The minimum Gasteiger partial charge on any atom is -0.349 e. The van der Waals surface area contributed by atoms with Gasteiger partial charge in [0.25, 0.3) is 5.91 Å². The van der Waals surface area contributed by atoms with E-state index < -0.39 is 0 Å². The number of amides is 1. The highest BCUT2D eigenvalue weighted by atomic mass is 16.5. The van der Waals surface area contributed by atoms with Gasteiger partial charge in [0.15, 0.2) is 0 Å². The van der Waals surface area contributed by atoms with E-state index in [2.05, 4.69) is 5.32 Å². The molecule has 3 heteroatoms. The number of carbonyl (C=O) groups is 1. The summed E-state index contributed by atoms with van der Waals surface area (Å²) in [6, 6.07) is 29.1. The summed E-state index contributed by atoms with van der Waals surface area (Å²) in [6.07, 6.45) is -0.219. The van der Waals surface area contributed by atoms with Crippen molar-refractivity contribution in [3.63, 3.8) is 0 Å². The first-order valence-corrected chi connectivity index (χ1v) is 7.89. The number of hydrogen-bond donors (Lipinski definition) is 1. The summed E-state index contributed by atoms with van der Waals surface area (Å²) >= 11 is 0. The first kappa shape index (κ1) is 16.0. The van der Waals surface area contributed by atoms with Gasteiger partial charge in [-0.15, -0.1) is 0 Å². The molecule has 0 unspecified atom stereocenters. The van der Waals surface area contributed by atoms with E-state index in [-0.39, 0.29) is 18.7 Å². The van der Waals surface area contributed by atoms with E-state index in [0.717, 1.165) is 11.1 Å². The van der Waals surface area contributed by atoms with Crippen LogP contribution >= 0.6 is 0 Å². The summed E-state index contributed by atoms with van der Waals surface area (Å²) in [6.45, 7) is 0.141. The molecule has 0 saturated heterocycles. The Labute approximate surface area is 141 Å². The lowest BCUT2D eigenvalue weighted by atomic mass is 10.0. The van der Waals surface area contributed by atoms with Crippen LogP contribution in [0.3, 0.4) is 0 Å². The average Bonchev–Trinajstić information content (AvgIpc) is 2.67. The molecule has 120 valence electrons. The molecule has 0 atom stereocenters. The highest BCUT2D eigenvalue weighted by molar-refractivity contribution is 5.93. The van der Waals surface area contributed by atoms with E-state index in [1.54, 1.807) is 12.1 Å². The lowest BCUT2D eigenvalue weighted by Gasteiger charge is -2.19. The number of ether oxygens (including phenoxy) is 1. The predicted molar refractivity (Wildman–Crippen MR) is 94.6 cm³/mol. The van der Waals surface area contributed by atoms with Crippen molar-refractivity contribution in [1.29, 1.82) is 0 Å². The molecular formula is C21H19NO2. The summed E-state index contributed by atoms with van der Waals surface area (Å²) in [5.74, 6) is -0.143. The Morgan fingerprint density at radius 2 is 1.21 bits per heavy atom. The van der Waals surface area contributed by atoms with E-state index in [1.165, 1.54) is 0 Å². The summed E-state index contributed by atoms with van der Waals surface area (Å²) in [5, 5.41) is 2.81. The van der Waals surface area contributed by atoms with Crippen LogP contribution in [0.2, 0.25) is 0 Å². The first-order valence-electron chi connectivity index (χ1n) is 7.89. The van der Waals surface area contributed by atoms with Crippen molar-refractivity contribution >= 4 is 5.91 Å². The molecule has 0 aliphatic heterocycles. The molecule has 3 aromatic rings. The van der Waals surface area contributed by atoms with Crippen molar-refractivity contribution in [3.8, 4) is 0 Å². The van der Waals surface area contributed by atoms with Gasteiger partial charge in [0.2, 0.25) is 0 Å². The van der Waals surface area contributed by atoms with Crippen molar-refractivity contribution in [3.05, 3.63) is 108 Å². The van der Waals surface area contributed by atoms with Crippen molar-refractivity contribution in [2.75, 3.05) is 6.73 Å². The van der Waals surface area contributed by atoms with E-state index >= 15 is 0 Å². The summed E-state index contributed by atoms with van der Waals surface area (Å²) in [4.78, 5) is 12.1. The van der Waals surface area contributed by atoms with E-state index in [9.17, 15) is 4.79 Å². The van der Waals surface area contributed by atoms with E-state index in [4.69, 9.17) is 4.74 Å². The Balaban J connectivity index is 1.68. The third kappa shape index (κ3) is 4.09. The van der Waals surface area contributed by atoms with Crippen LogP contribution < -0.4 is 5.32 Å². The summed E-state index contributed by atoms with van der Waals surface area (Å²) in [7, 11) is 0. The molecule has 0 saturated carbocycles. The molecule has 3 aromatic carbocycles. The topological polar surface area (TPSA) is 38.3 Å². The molecule has 0 aliphatic carbocycles. The van der Waals surface area contributed by atoms with Gasteiger partial charge < -0.3 is 10.1 Å². The van der Waals surface area contributed by atoms with Crippen LogP contribution in [0.4, 0.5) is 0 Å². The molecule has 1 N–H and O–H groups in total. The fourth-order valence-electron chi connectivity index (χ4n) is 2.52.